The lowest BCUT2D eigenvalue weighted by Crippen LogP contribution is -2.21. The quantitative estimate of drug-likeness (QED) is 0.710. The van der Waals surface area contributed by atoms with E-state index in [9.17, 15) is 18.0 Å². The molecule has 0 fully saturated rings. The van der Waals surface area contributed by atoms with Crippen molar-refractivity contribution < 1.29 is 27.5 Å². The molecule has 0 saturated carbocycles. The molecule has 0 aliphatic heterocycles. The monoisotopic (exact) mass is 364 g/mol. The third kappa shape index (κ3) is 4.70. The predicted molar refractivity (Wildman–Crippen MR) is 89.7 cm³/mol. The van der Waals surface area contributed by atoms with Crippen molar-refractivity contribution in [3.63, 3.8) is 0 Å². The van der Waals surface area contributed by atoms with Crippen LogP contribution in [0.4, 0.5) is 5.69 Å². The molecule has 0 bridgehead atoms. The molecule has 2 aromatic carbocycles. The molecule has 1 amide bonds. The number of hydrogen-bond acceptors (Lipinski definition) is 6. The first kappa shape index (κ1) is 18.3. The molecule has 0 aliphatic carbocycles. The highest BCUT2D eigenvalue weighted by molar-refractivity contribution is 7.92. The number of rotatable bonds is 7. The first-order valence-corrected chi connectivity index (χ1v) is 8.53. The molecule has 0 spiro atoms. The third-order valence-electron chi connectivity index (χ3n) is 3.08. The van der Waals surface area contributed by atoms with E-state index in [1.165, 1.54) is 25.3 Å². The van der Waals surface area contributed by atoms with E-state index in [4.69, 9.17) is 10.5 Å². The molecule has 0 saturated heterocycles. The fourth-order valence-electron chi connectivity index (χ4n) is 1.94. The van der Waals surface area contributed by atoms with E-state index >= 15 is 0 Å². The van der Waals surface area contributed by atoms with Crippen LogP contribution >= 0.6 is 0 Å². The minimum atomic E-state index is -3.96. The molecular formula is C16H16N2O6S. The van der Waals surface area contributed by atoms with E-state index in [0.29, 0.717) is 5.75 Å². The number of primary amides is 1. The summed E-state index contributed by atoms with van der Waals surface area (Å²) < 4.78 is 37.2. The number of esters is 1. The predicted octanol–water partition coefficient (Wildman–Crippen LogP) is 1.14. The Bertz CT molecular complexity index is 895. The summed E-state index contributed by atoms with van der Waals surface area (Å²) in [7, 11) is -2.54. The number of nitrogens with one attached hydrogen (secondary N) is 1. The van der Waals surface area contributed by atoms with Gasteiger partial charge in [0.2, 0.25) is 0 Å². The summed E-state index contributed by atoms with van der Waals surface area (Å²) in [6, 6.07) is 11.7. The molecule has 8 nitrogen and oxygen atoms in total. The van der Waals surface area contributed by atoms with Crippen molar-refractivity contribution in [2.45, 2.75) is 4.90 Å². The summed E-state index contributed by atoms with van der Waals surface area (Å²) >= 11 is 0. The van der Waals surface area contributed by atoms with E-state index in [1.54, 1.807) is 24.3 Å². The number of benzene rings is 2. The van der Waals surface area contributed by atoms with Gasteiger partial charge in [-0.05, 0) is 30.3 Å². The Kier molecular flexibility index (Phi) is 5.60. The third-order valence-corrected chi connectivity index (χ3v) is 4.44. The number of anilines is 1. The Morgan fingerprint density at radius 2 is 1.84 bits per heavy atom. The van der Waals surface area contributed by atoms with E-state index in [1.807, 2.05) is 0 Å². The minimum Gasteiger partial charge on any atom is -0.495 e. The number of methoxy groups -OCH3 is 1. The minimum absolute atomic E-state index is 0.0239. The first-order valence-electron chi connectivity index (χ1n) is 7.05. The summed E-state index contributed by atoms with van der Waals surface area (Å²) in [5.74, 6) is -1.31. The molecule has 2 rings (SSSR count). The lowest BCUT2D eigenvalue weighted by Gasteiger charge is -2.12. The number of amides is 1. The van der Waals surface area contributed by atoms with Crippen LogP contribution in [0.5, 0.6) is 5.75 Å². The Morgan fingerprint density at radius 1 is 1.12 bits per heavy atom. The van der Waals surface area contributed by atoms with E-state index in [-0.39, 0.29) is 16.1 Å². The zero-order valence-corrected chi connectivity index (χ0v) is 14.1. The van der Waals surface area contributed by atoms with Gasteiger partial charge in [-0.3, -0.25) is 9.52 Å². The highest BCUT2D eigenvalue weighted by Gasteiger charge is 2.19. The van der Waals surface area contributed by atoms with Gasteiger partial charge in [-0.1, -0.05) is 18.2 Å². The largest absolute Gasteiger partial charge is 0.495 e. The van der Waals surface area contributed by atoms with Crippen LogP contribution in [-0.4, -0.2) is 34.0 Å². The molecular weight excluding hydrogens is 348 g/mol. The molecule has 25 heavy (non-hydrogen) atoms. The van der Waals surface area contributed by atoms with Gasteiger partial charge < -0.3 is 15.2 Å². The average molecular weight is 364 g/mol. The molecule has 9 heteroatoms. The van der Waals surface area contributed by atoms with Gasteiger partial charge in [-0.25, -0.2) is 13.2 Å². The van der Waals surface area contributed by atoms with Crippen LogP contribution in [0.25, 0.3) is 0 Å². The lowest BCUT2D eigenvalue weighted by molar-refractivity contribution is -0.121. The summed E-state index contributed by atoms with van der Waals surface area (Å²) in [5.41, 5.74) is 5.13. The van der Waals surface area contributed by atoms with Crippen LogP contribution in [0.15, 0.2) is 53.4 Å². The van der Waals surface area contributed by atoms with Crippen molar-refractivity contribution in [2.75, 3.05) is 18.4 Å². The maximum absolute atomic E-state index is 12.5. The Labute approximate surface area is 144 Å². The van der Waals surface area contributed by atoms with Gasteiger partial charge in [0.25, 0.3) is 15.9 Å². The number of ether oxygens (including phenoxy) is 2. The highest BCUT2D eigenvalue weighted by atomic mass is 32.2. The standard InChI is InChI=1S/C16H16N2O6S/c1-23-14-8-3-2-7-13(14)18-25(21,22)12-6-4-5-11(9-12)16(20)24-10-15(17)19/h2-9,18H,10H2,1H3,(H2,17,19). The lowest BCUT2D eigenvalue weighted by atomic mass is 10.2. The van der Waals surface area contributed by atoms with Crippen molar-refractivity contribution in [3.05, 3.63) is 54.1 Å². The van der Waals surface area contributed by atoms with Crippen molar-refractivity contribution in [3.8, 4) is 5.75 Å². The topological polar surface area (TPSA) is 125 Å². The van der Waals surface area contributed by atoms with Crippen molar-refractivity contribution >= 4 is 27.6 Å². The maximum Gasteiger partial charge on any atom is 0.338 e. The van der Waals surface area contributed by atoms with E-state index < -0.39 is 28.5 Å². The van der Waals surface area contributed by atoms with Crippen molar-refractivity contribution in [1.29, 1.82) is 0 Å². The second-order valence-corrected chi connectivity index (χ2v) is 6.56. The number of carbonyl (C=O) groups excluding carboxylic acids is 2. The summed E-state index contributed by atoms with van der Waals surface area (Å²) in [6.45, 7) is -0.588. The fraction of sp³-hybridized carbons (Fsp3) is 0.125. The second kappa shape index (κ2) is 7.67. The maximum atomic E-state index is 12.5. The zero-order valence-electron chi connectivity index (χ0n) is 13.3. The summed E-state index contributed by atoms with van der Waals surface area (Å²) in [5, 5.41) is 0. The van der Waals surface area contributed by atoms with E-state index in [0.717, 1.165) is 6.07 Å². The second-order valence-electron chi connectivity index (χ2n) is 4.88. The van der Waals surface area contributed by atoms with Gasteiger partial charge in [0.1, 0.15) is 5.75 Å². The van der Waals surface area contributed by atoms with Crippen LogP contribution < -0.4 is 15.2 Å². The zero-order chi connectivity index (χ0) is 18.4. The number of carbonyl (C=O) groups is 2. The number of sulfonamides is 1. The van der Waals surface area contributed by atoms with Crippen LogP contribution in [0.2, 0.25) is 0 Å². The molecule has 0 heterocycles. The van der Waals surface area contributed by atoms with Gasteiger partial charge in [-0.2, -0.15) is 0 Å². The summed E-state index contributed by atoms with van der Waals surface area (Å²) in [6.07, 6.45) is 0. The molecule has 2 aromatic rings. The van der Waals surface area contributed by atoms with Crippen molar-refractivity contribution in [2.24, 2.45) is 5.73 Å². The van der Waals surface area contributed by atoms with Crippen LogP contribution in [0.3, 0.4) is 0 Å². The fourth-order valence-corrected chi connectivity index (χ4v) is 3.06. The Morgan fingerprint density at radius 3 is 2.52 bits per heavy atom. The van der Waals surface area contributed by atoms with Gasteiger partial charge in [-0.15, -0.1) is 0 Å². The average Bonchev–Trinajstić information content (AvgIpc) is 2.60. The van der Waals surface area contributed by atoms with Crippen LogP contribution in [-0.2, 0) is 19.6 Å². The van der Waals surface area contributed by atoms with Crippen LogP contribution in [0, 0.1) is 0 Å². The van der Waals surface area contributed by atoms with E-state index in [2.05, 4.69) is 9.46 Å². The van der Waals surface area contributed by atoms with Gasteiger partial charge in [0, 0.05) is 0 Å². The van der Waals surface area contributed by atoms with Gasteiger partial charge >= 0.3 is 5.97 Å². The number of nitrogens with two attached hydrogens (primary N) is 1. The molecule has 132 valence electrons. The number of para-hydroxylation sites is 2. The molecule has 3 N–H and O–H groups in total. The normalized spacial score (nSPS) is 10.8. The number of hydrogen-bond donors (Lipinski definition) is 2. The molecule has 0 aromatic heterocycles. The van der Waals surface area contributed by atoms with Gasteiger partial charge in [0.05, 0.1) is 23.3 Å². The first-order chi connectivity index (χ1) is 11.8. The van der Waals surface area contributed by atoms with Crippen LogP contribution in [0.1, 0.15) is 10.4 Å². The SMILES string of the molecule is COc1ccccc1NS(=O)(=O)c1cccc(C(=O)OCC(N)=O)c1. The molecule has 0 aliphatic rings. The molecule has 0 unspecified atom stereocenters. The van der Waals surface area contributed by atoms with Crippen molar-refractivity contribution in [1.82, 2.24) is 0 Å². The molecule has 0 atom stereocenters. The molecule has 0 radical (unpaired) electrons. The summed E-state index contributed by atoms with van der Waals surface area (Å²) in [4.78, 5) is 22.3. The van der Waals surface area contributed by atoms with Gasteiger partial charge in [0.15, 0.2) is 6.61 Å². The highest BCUT2D eigenvalue weighted by Crippen LogP contribution is 2.26. The smallest absolute Gasteiger partial charge is 0.338 e. The Hall–Kier alpha value is -3.07. The Balaban J connectivity index is 2.26.